The van der Waals surface area contributed by atoms with Crippen molar-refractivity contribution >= 4 is 28.1 Å². The van der Waals surface area contributed by atoms with Crippen molar-refractivity contribution in [2.75, 3.05) is 7.05 Å². The molecular formula is C13H18N4S. The lowest BCUT2D eigenvalue weighted by Crippen LogP contribution is -2.38. The molecule has 0 fully saturated rings. The topological polar surface area (TPSA) is 47.1 Å². The molecule has 18 heavy (non-hydrogen) atoms. The fourth-order valence-electron chi connectivity index (χ4n) is 2.00. The summed E-state index contributed by atoms with van der Waals surface area (Å²) in [7, 11) is 3.97. The molecule has 4 nitrogen and oxygen atoms in total. The van der Waals surface area contributed by atoms with Gasteiger partial charge in [0.25, 0.3) is 0 Å². The molecule has 1 aromatic heterocycles. The second-order valence-corrected chi connectivity index (χ2v) is 5.05. The van der Waals surface area contributed by atoms with Crippen molar-refractivity contribution in [1.29, 1.82) is 0 Å². The summed E-state index contributed by atoms with van der Waals surface area (Å²) in [4.78, 5) is 2.62. The van der Waals surface area contributed by atoms with Gasteiger partial charge in [-0.05, 0) is 20.0 Å². The van der Waals surface area contributed by atoms with Crippen molar-refractivity contribution in [2.45, 2.75) is 19.5 Å². The number of hydrogen-bond donors (Lipinski definition) is 1. The summed E-state index contributed by atoms with van der Waals surface area (Å²) in [6.07, 6.45) is 0. The van der Waals surface area contributed by atoms with E-state index in [4.69, 9.17) is 18.0 Å². The lowest BCUT2D eigenvalue weighted by molar-refractivity contribution is 0.300. The van der Waals surface area contributed by atoms with Crippen LogP contribution in [0.15, 0.2) is 24.3 Å². The Morgan fingerprint density at radius 2 is 2.17 bits per heavy atom. The number of fused-ring (bicyclic) bond motifs is 1. The van der Waals surface area contributed by atoms with Crippen LogP contribution in [0, 0.1) is 0 Å². The van der Waals surface area contributed by atoms with Gasteiger partial charge in [-0.1, -0.05) is 30.4 Å². The average Bonchev–Trinajstić information content (AvgIpc) is 2.66. The highest BCUT2D eigenvalue weighted by Crippen LogP contribution is 2.19. The second-order valence-electron chi connectivity index (χ2n) is 4.58. The van der Waals surface area contributed by atoms with E-state index in [1.54, 1.807) is 0 Å². The number of nitrogens with two attached hydrogens (primary N) is 1. The minimum Gasteiger partial charge on any atom is -0.392 e. The highest BCUT2D eigenvalue weighted by Gasteiger charge is 2.15. The largest absolute Gasteiger partial charge is 0.392 e. The third-order valence-corrected chi connectivity index (χ3v) is 3.65. The Balaban J connectivity index is 2.30. The minimum absolute atomic E-state index is 0.0702. The molecule has 2 N–H and O–H groups in total. The maximum absolute atomic E-state index is 5.67. The van der Waals surface area contributed by atoms with Gasteiger partial charge in [-0.25, -0.2) is 0 Å². The zero-order valence-corrected chi connectivity index (χ0v) is 11.7. The molecule has 0 amide bonds. The van der Waals surface area contributed by atoms with Crippen LogP contribution >= 0.6 is 12.2 Å². The summed E-state index contributed by atoms with van der Waals surface area (Å²) in [5.41, 5.74) is 7.87. The van der Waals surface area contributed by atoms with Gasteiger partial charge in [0.15, 0.2) is 0 Å². The summed E-state index contributed by atoms with van der Waals surface area (Å²) in [6.45, 7) is 2.74. The first-order valence-electron chi connectivity index (χ1n) is 5.91. The number of nitrogens with zero attached hydrogens (tertiary/aromatic N) is 3. The predicted octanol–water partition coefficient (Wildman–Crippen LogP) is 1.68. The first kappa shape index (κ1) is 13.0. The van der Waals surface area contributed by atoms with Crippen LogP contribution in [0.25, 0.3) is 10.9 Å². The third-order valence-electron chi connectivity index (χ3n) is 3.31. The fourth-order valence-corrected chi connectivity index (χ4v) is 2.18. The van der Waals surface area contributed by atoms with Crippen molar-refractivity contribution < 1.29 is 0 Å². The molecule has 2 rings (SSSR count). The molecule has 0 saturated carbocycles. The summed E-state index contributed by atoms with van der Waals surface area (Å²) in [5, 5.41) is 5.74. The first-order chi connectivity index (χ1) is 8.50. The molecule has 2 aromatic rings. The predicted molar refractivity (Wildman–Crippen MR) is 78.4 cm³/mol. The summed E-state index contributed by atoms with van der Waals surface area (Å²) < 4.78 is 1.91. The molecule has 0 aliphatic carbocycles. The number of para-hydroxylation sites is 1. The number of hydrogen-bond acceptors (Lipinski definition) is 3. The average molecular weight is 262 g/mol. The van der Waals surface area contributed by atoms with Gasteiger partial charge in [0, 0.05) is 19.0 Å². The van der Waals surface area contributed by atoms with Gasteiger partial charge < -0.3 is 5.73 Å². The Kier molecular flexibility index (Phi) is 3.63. The molecule has 1 aromatic carbocycles. The van der Waals surface area contributed by atoms with E-state index in [0.29, 0.717) is 4.99 Å². The van der Waals surface area contributed by atoms with Gasteiger partial charge in [0.2, 0.25) is 0 Å². The van der Waals surface area contributed by atoms with E-state index in [2.05, 4.69) is 22.1 Å². The maximum Gasteiger partial charge on any atom is 0.0899 e. The van der Waals surface area contributed by atoms with E-state index >= 15 is 0 Å². The van der Waals surface area contributed by atoms with Crippen LogP contribution in [0.1, 0.15) is 12.6 Å². The Morgan fingerprint density at radius 1 is 1.50 bits per heavy atom. The summed E-state index contributed by atoms with van der Waals surface area (Å²) in [5.74, 6) is 0. The summed E-state index contributed by atoms with van der Waals surface area (Å²) >= 11 is 5.02. The van der Waals surface area contributed by atoms with E-state index in [1.165, 1.54) is 5.39 Å². The van der Waals surface area contributed by atoms with Gasteiger partial charge in [0.05, 0.1) is 22.2 Å². The van der Waals surface area contributed by atoms with Gasteiger partial charge in [-0.3, -0.25) is 9.58 Å². The molecule has 1 atom stereocenters. The highest BCUT2D eigenvalue weighted by molar-refractivity contribution is 7.80. The minimum atomic E-state index is 0.0702. The normalized spacial score (nSPS) is 13.1. The SMILES string of the molecule is CC(C(N)=S)N(C)Cc1nn(C)c2ccccc12. The Hall–Kier alpha value is -1.46. The van der Waals surface area contributed by atoms with Gasteiger partial charge in [0.1, 0.15) is 0 Å². The molecule has 1 heterocycles. The number of thiocarbonyl (C=S) groups is 1. The number of aromatic nitrogens is 2. The Bertz CT molecular complexity index is 575. The Labute approximate surface area is 112 Å². The van der Waals surface area contributed by atoms with Crippen LogP contribution in [0.4, 0.5) is 0 Å². The van der Waals surface area contributed by atoms with Crippen molar-refractivity contribution in [1.82, 2.24) is 14.7 Å². The monoisotopic (exact) mass is 262 g/mol. The number of likely N-dealkylation sites (N-methyl/N-ethyl adjacent to an activating group) is 1. The van der Waals surface area contributed by atoms with Gasteiger partial charge >= 0.3 is 0 Å². The van der Waals surface area contributed by atoms with Crippen LogP contribution in [0.2, 0.25) is 0 Å². The Morgan fingerprint density at radius 3 is 2.83 bits per heavy atom. The first-order valence-corrected chi connectivity index (χ1v) is 6.31. The smallest absolute Gasteiger partial charge is 0.0899 e. The molecular weight excluding hydrogens is 244 g/mol. The maximum atomic E-state index is 5.67. The molecule has 0 saturated heterocycles. The van der Waals surface area contributed by atoms with Crippen molar-refractivity contribution in [3.05, 3.63) is 30.0 Å². The van der Waals surface area contributed by atoms with Crippen LogP contribution in [0.5, 0.6) is 0 Å². The molecule has 1 unspecified atom stereocenters. The molecule has 96 valence electrons. The van der Waals surface area contributed by atoms with Crippen LogP contribution in [-0.4, -0.2) is 32.8 Å². The van der Waals surface area contributed by atoms with E-state index < -0.39 is 0 Å². The molecule has 0 spiro atoms. The summed E-state index contributed by atoms with van der Waals surface area (Å²) in [6, 6.07) is 8.29. The second kappa shape index (κ2) is 5.04. The van der Waals surface area contributed by atoms with Crippen LogP contribution < -0.4 is 5.73 Å². The van der Waals surface area contributed by atoms with E-state index in [9.17, 15) is 0 Å². The number of rotatable bonds is 4. The van der Waals surface area contributed by atoms with Crippen molar-refractivity contribution in [3.8, 4) is 0 Å². The molecule has 0 bridgehead atoms. The van der Waals surface area contributed by atoms with E-state index in [-0.39, 0.29) is 6.04 Å². The van der Waals surface area contributed by atoms with E-state index in [1.807, 2.05) is 37.8 Å². The number of aryl methyl sites for hydroxylation is 1. The van der Waals surface area contributed by atoms with Crippen molar-refractivity contribution in [2.24, 2.45) is 12.8 Å². The lowest BCUT2D eigenvalue weighted by atomic mass is 10.2. The fraction of sp³-hybridized carbons (Fsp3) is 0.385. The zero-order chi connectivity index (χ0) is 13.3. The standard InChI is InChI=1S/C13H18N4S/c1-9(13(14)18)16(2)8-11-10-6-4-5-7-12(10)17(3)15-11/h4-7,9H,8H2,1-3H3,(H2,14,18). The highest BCUT2D eigenvalue weighted by atomic mass is 32.1. The quantitative estimate of drug-likeness (QED) is 0.852. The van der Waals surface area contributed by atoms with Crippen LogP contribution in [-0.2, 0) is 13.6 Å². The van der Waals surface area contributed by atoms with Gasteiger partial charge in [-0.2, -0.15) is 5.10 Å². The van der Waals surface area contributed by atoms with Crippen LogP contribution in [0.3, 0.4) is 0 Å². The van der Waals surface area contributed by atoms with E-state index in [0.717, 1.165) is 17.8 Å². The molecule has 5 heteroatoms. The van der Waals surface area contributed by atoms with Crippen molar-refractivity contribution in [3.63, 3.8) is 0 Å². The molecule has 0 aliphatic rings. The third kappa shape index (κ3) is 2.37. The molecule has 0 aliphatic heterocycles. The number of benzene rings is 1. The molecule has 0 radical (unpaired) electrons. The zero-order valence-electron chi connectivity index (χ0n) is 10.9. The van der Waals surface area contributed by atoms with Gasteiger partial charge in [-0.15, -0.1) is 0 Å². The lowest BCUT2D eigenvalue weighted by Gasteiger charge is -2.22.